The summed E-state index contributed by atoms with van der Waals surface area (Å²) in [6.07, 6.45) is 3.77. The maximum Gasteiger partial charge on any atom is 0.233 e. The number of benzene rings is 1. The zero-order valence-corrected chi connectivity index (χ0v) is 13.8. The summed E-state index contributed by atoms with van der Waals surface area (Å²) in [6, 6.07) is 6.96. The van der Waals surface area contributed by atoms with Crippen LogP contribution in [0.25, 0.3) is 0 Å². The topological polar surface area (TPSA) is 32.3 Å². The van der Waals surface area contributed by atoms with Gasteiger partial charge in [0.05, 0.1) is 5.41 Å². The molecule has 1 aromatic carbocycles. The Hall–Kier alpha value is -1.13. The van der Waals surface area contributed by atoms with E-state index in [1.54, 1.807) is 12.1 Å². The zero-order chi connectivity index (χ0) is 14.9. The fourth-order valence-corrected chi connectivity index (χ4v) is 3.81. The van der Waals surface area contributed by atoms with E-state index in [9.17, 15) is 9.18 Å². The fourth-order valence-electron chi connectivity index (χ4n) is 3.81. The standard InChI is InChI=1S/C17H23FN2O.ClH/c1-13-12-20(10-9-19-13)16(21)17(7-2-3-8-17)14-5-4-6-15(18)11-14;/h4-6,11,13,19H,2-3,7-10,12H2,1H3;1H. The summed E-state index contributed by atoms with van der Waals surface area (Å²) in [4.78, 5) is 15.1. The summed E-state index contributed by atoms with van der Waals surface area (Å²) in [7, 11) is 0. The highest BCUT2D eigenvalue weighted by Crippen LogP contribution is 2.43. The molecule has 0 aromatic heterocycles. The Balaban J connectivity index is 0.00000176. The highest BCUT2D eigenvalue weighted by molar-refractivity contribution is 5.88. The van der Waals surface area contributed by atoms with Crippen molar-refractivity contribution in [3.05, 3.63) is 35.6 Å². The molecule has 3 nitrogen and oxygen atoms in total. The molecule has 1 aliphatic carbocycles. The number of halogens is 2. The molecular weight excluding hydrogens is 303 g/mol. The van der Waals surface area contributed by atoms with Crippen LogP contribution in [0, 0.1) is 5.82 Å². The Labute approximate surface area is 137 Å². The first kappa shape index (κ1) is 17.2. The zero-order valence-electron chi connectivity index (χ0n) is 13.0. The molecular formula is C17H24ClFN2O. The summed E-state index contributed by atoms with van der Waals surface area (Å²) in [5.74, 6) is -0.0563. The van der Waals surface area contributed by atoms with Crippen molar-refractivity contribution in [3.63, 3.8) is 0 Å². The van der Waals surface area contributed by atoms with Crippen molar-refractivity contribution < 1.29 is 9.18 Å². The summed E-state index contributed by atoms with van der Waals surface area (Å²) >= 11 is 0. The minimum atomic E-state index is -0.501. The lowest BCUT2D eigenvalue weighted by Crippen LogP contribution is -2.56. The largest absolute Gasteiger partial charge is 0.339 e. The molecule has 1 saturated heterocycles. The van der Waals surface area contributed by atoms with Crippen molar-refractivity contribution in [2.75, 3.05) is 19.6 Å². The van der Waals surface area contributed by atoms with E-state index in [0.717, 1.165) is 50.9 Å². The van der Waals surface area contributed by atoms with Crippen LogP contribution in [-0.2, 0) is 10.2 Å². The minimum Gasteiger partial charge on any atom is -0.339 e. The van der Waals surface area contributed by atoms with Crippen LogP contribution in [0.3, 0.4) is 0 Å². The van der Waals surface area contributed by atoms with Gasteiger partial charge in [0, 0.05) is 25.7 Å². The van der Waals surface area contributed by atoms with Crippen molar-refractivity contribution in [2.45, 2.75) is 44.1 Å². The van der Waals surface area contributed by atoms with E-state index in [1.807, 2.05) is 11.0 Å². The van der Waals surface area contributed by atoms with Crippen LogP contribution in [0.4, 0.5) is 4.39 Å². The van der Waals surface area contributed by atoms with E-state index in [2.05, 4.69) is 12.2 Å². The van der Waals surface area contributed by atoms with Gasteiger partial charge in [-0.05, 0) is 37.5 Å². The van der Waals surface area contributed by atoms with Crippen LogP contribution in [0.5, 0.6) is 0 Å². The second kappa shape index (κ2) is 6.97. The third-order valence-corrected chi connectivity index (χ3v) is 4.90. The molecule has 1 saturated carbocycles. The van der Waals surface area contributed by atoms with Gasteiger partial charge in [-0.25, -0.2) is 4.39 Å². The fraction of sp³-hybridized carbons (Fsp3) is 0.588. The summed E-state index contributed by atoms with van der Waals surface area (Å²) in [6.45, 7) is 4.44. The van der Waals surface area contributed by atoms with E-state index < -0.39 is 5.41 Å². The molecule has 0 spiro atoms. The normalized spacial score (nSPS) is 23.9. The van der Waals surface area contributed by atoms with Crippen molar-refractivity contribution in [1.29, 1.82) is 0 Å². The lowest BCUT2D eigenvalue weighted by atomic mass is 9.77. The average molecular weight is 327 g/mol. The molecule has 1 atom stereocenters. The van der Waals surface area contributed by atoms with E-state index in [1.165, 1.54) is 6.07 Å². The maximum atomic E-state index is 13.6. The molecule has 1 unspecified atom stereocenters. The second-order valence-electron chi connectivity index (χ2n) is 6.41. The molecule has 1 heterocycles. The van der Waals surface area contributed by atoms with Crippen LogP contribution in [0.1, 0.15) is 38.2 Å². The molecule has 0 radical (unpaired) electrons. The van der Waals surface area contributed by atoms with Gasteiger partial charge in [-0.2, -0.15) is 0 Å². The number of nitrogens with zero attached hydrogens (tertiary/aromatic N) is 1. The first-order valence-corrected chi connectivity index (χ1v) is 7.91. The molecule has 2 aliphatic rings. The van der Waals surface area contributed by atoms with Gasteiger partial charge in [-0.1, -0.05) is 25.0 Å². The maximum absolute atomic E-state index is 13.6. The molecule has 5 heteroatoms. The van der Waals surface area contributed by atoms with Gasteiger partial charge in [0.1, 0.15) is 5.82 Å². The Morgan fingerprint density at radius 3 is 2.73 bits per heavy atom. The Morgan fingerprint density at radius 2 is 2.09 bits per heavy atom. The number of carbonyl (C=O) groups is 1. The molecule has 1 aromatic rings. The van der Waals surface area contributed by atoms with Gasteiger partial charge < -0.3 is 10.2 Å². The molecule has 3 rings (SSSR count). The average Bonchev–Trinajstić information content (AvgIpc) is 2.97. The lowest BCUT2D eigenvalue weighted by molar-refractivity contribution is -0.138. The third kappa shape index (κ3) is 3.13. The van der Waals surface area contributed by atoms with E-state index in [-0.39, 0.29) is 24.1 Å². The molecule has 122 valence electrons. The summed E-state index contributed by atoms with van der Waals surface area (Å²) in [5.41, 5.74) is 0.357. The molecule has 2 fully saturated rings. The molecule has 22 heavy (non-hydrogen) atoms. The molecule has 1 N–H and O–H groups in total. The number of carbonyl (C=O) groups excluding carboxylic acids is 1. The van der Waals surface area contributed by atoms with E-state index in [4.69, 9.17) is 0 Å². The molecule has 0 bridgehead atoms. The Bertz CT molecular complexity index is 531. The van der Waals surface area contributed by atoms with Gasteiger partial charge in [-0.3, -0.25) is 4.79 Å². The predicted octanol–water partition coefficient (Wildman–Crippen LogP) is 2.88. The van der Waals surface area contributed by atoms with Gasteiger partial charge >= 0.3 is 0 Å². The number of hydrogen-bond acceptors (Lipinski definition) is 2. The second-order valence-corrected chi connectivity index (χ2v) is 6.41. The van der Waals surface area contributed by atoms with Crippen LogP contribution in [-0.4, -0.2) is 36.5 Å². The predicted molar refractivity (Wildman–Crippen MR) is 87.8 cm³/mol. The van der Waals surface area contributed by atoms with Crippen molar-refractivity contribution >= 4 is 18.3 Å². The van der Waals surface area contributed by atoms with Crippen molar-refractivity contribution in [1.82, 2.24) is 10.2 Å². The first-order chi connectivity index (χ1) is 10.1. The van der Waals surface area contributed by atoms with Crippen LogP contribution in [0.2, 0.25) is 0 Å². The summed E-state index contributed by atoms with van der Waals surface area (Å²) in [5, 5.41) is 3.36. The smallest absolute Gasteiger partial charge is 0.233 e. The van der Waals surface area contributed by atoms with Crippen LogP contribution in [0.15, 0.2) is 24.3 Å². The lowest BCUT2D eigenvalue weighted by Gasteiger charge is -2.39. The molecule has 1 amide bonds. The first-order valence-electron chi connectivity index (χ1n) is 7.91. The van der Waals surface area contributed by atoms with Gasteiger partial charge in [-0.15, -0.1) is 12.4 Å². The van der Waals surface area contributed by atoms with E-state index >= 15 is 0 Å². The van der Waals surface area contributed by atoms with Crippen LogP contribution >= 0.6 is 12.4 Å². The minimum absolute atomic E-state index is 0. The monoisotopic (exact) mass is 326 g/mol. The number of nitrogens with one attached hydrogen (secondary N) is 1. The Morgan fingerprint density at radius 1 is 1.36 bits per heavy atom. The number of piperazine rings is 1. The quantitative estimate of drug-likeness (QED) is 0.906. The number of rotatable bonds is 2. The van der Waals surface area contributed by atoms with Crippen molar-refractivity contribution in [2.24, 2.45) is 0 Å². The van der Waals surface area contributed by atoms with Gasteiger partial charge in [0.15, 0.2) is 0 Å². The van der Waals surface area contributed by atoms with Crippen LogP contribution < -0.4 is 5.32 Å². The number of amides is 1. The third-order valence-electron chi connectivity index (χ3n) is 4.90. The highest BCUT2D eigenvalue weighted by Gasteiger charge is 2.45. The summed E-state index contributed by atoms with van der Waals surface area (Å²) < 4.78 is 13.6. The van der Waals surface area contributed by atoms with E-state index in [0.29, 0.717) is 6.04 Å². The Kier molecular flexibility index (Phi) is 5.45. The molecule has 1 aliphatic heterocycles. The van der Waals surface area contributed by atoms with Gasteiger partial charge in [0.25, 0.3) is 0 Å². The van der Waals surface area contributed by atoms with Gasteiger partial charge in [0.2, 0.25) is 5.91 Å². The SMILES string of the molecule is CC1CN(C(=O)C2(c3cccc(F)c3)CCCC2)CCN1.Cl. The van der Waals surface area contributed by atoms with Crippen molar-refractivity contribution in [3.8, 4) is 0 Å². The number of hydrogen-bond donors (Lipinski definition) is 1. The highest BCUT2D eigenvalue weighted by atomic mass is 35.5.